The summed E-state index contributed by atoms with van der Waals surface area (Å²) in [7, 11) is 0. The van der Waals surface area contributed by atoms with E-state index in [1.807, 2.05) is 0 Å². The van der Waals surface area contributed by atoms with E-state index in [1.165, 1.54) is 12.1 Å². The molecule has 2 N–H and O–H groups in total. The van der Waals surface area contributed by atoms with Crippen molar-refractivity contribution < 1.29 is 19.2 Å². The van der Waals surface area contributed by atoms with E-state index in [0.717, 1.165) is 6.42 Å². The molecule has 0 saturated heterocycles. The van der Waals surface area contributed by atoms with Crippen molar-refractivity contribution in [1.29, 1.82) is 0 Å². The standard InChI is InChI=1S/C15H21N3O5/c1-10(2)3-4-14(16)17-23-8-12-6-13(18(19)20)5-11-7-21-9-22-15(11)12/h5-6,10H,3-4,7-9H2,1-2H3,(H2,16,17). The molecule has 1 aliphatic rings. The van der Waals surface area contributed by atoms with Crippen molar-refractivity contribution in [3.63, 3.8) is 0 Å². The minimum absolute atomic E-state index is 0.0341. The number of benzene rings is 1. The number of hydrogen-bond acceptors (Lipinski definition) is 6. The van der Waals surface area contributed by atoms with Crippen molar-refractivity contribution in [1.82, 2.24) is 0 Å². The smallest absolute Gasteiger partial charge is 0.270 e. The Kier molecular flexibility index (Phi) is 5.75. The Morgan fingerprint density at radius 1 is 1.52 bits per heavy atom. The van der Waals surface area contributed by atoms with Gasteiger partial charge >= 0.3 is 0 Å². The van der Waals surface area contributed by atoms with E-state index in [1.54, 1.807) is 0 Å². The average molecular weight is 323 g/mol. The van der Waals surface area contributed by atoms with Crippen LogP contribution in [0.25, 0.3) is 0 Å². The summed E-state index contributed by atoms with van der Waals surface area (Å²) < 4.78 is 10.6. The molecule has 0 bridgehead atoms. The van der Waals surface area contributed by atoms with E-state index >= 15 is 0 Å². The Bertz CT molecular complexity index is 601. The van der Waals surface area contributed by atoms with Crippen molar-refractivity contribution in [3.8, 4) is 5.75 Å². The Morgan fingerprint density at radius 3 is 3.00 bits per heavy atom. The average Bonchev–Trinajstić information content (AvgIpc) is 2.52. The van der Waals surface area contributed by atoms with Crippen molar-refractivity contribution in [3.05, 3.63) is 33.4 Å². The number of nitro benzene ring substituents is 1. The van der Waals surface area contributed by atoms with Crippen molar-refractivity contribution in [2.45, 2.75) is 39.9 Å². The zero-order valence-electron chi connectivity index (χ0n) is 13.3. The predicted molar refractivity (Wildman–Crippen MR) is 83.9 cm³/mol. The van der Waals surface area contributed by atoms with Crippen molar-refractivity contribution in [2.75, 3.05) is 6.79 Å². The maximum Gasteiger partial charge on any atom is 0.270 e. The van der Waals surface area contributed by atoms with Gasteiger partial charge in [-0.15, -0.1) is 0 Å². The van der Waals surface area contributed by atoms with Gasteiger partial charge in [0.15, 0.2) is 6.79 Å². The summed E-state index contributed by atoms with van der Waals surface area (Å²) in [5.41, 5.74) is 6.91. The summed E-state index contributed by atoms with van der Waals surface area (Å²) in [6.45, 7) is 4.62. The van der Waals surface area contributed by atoms with Gasteiger partial charge in [-0.25, -0.2) is 0 Å². The maximum atomic E-state index is 11.0. The Balaban J connectivity index is 2.08. The molecule has 2 rings (SSSR count). The number of amidine groups is 1. The first-order valence-corrected chi connectivity index (χ1v) is 7.42. The number of oxime groups is 1. The van der Waals surface area contributed by atoms with Crippen LogP contribution in [-0.2, 0) is 22.8 Å². The molecule has 0 aliphatic carbocycles. The highest BCUT2D eigenvalue weighted by molar-refractivity contribution is 5.79. The van der Waals surface area contributed by atoms with Crippen LogP contribution in [0.5, 0.6) is 5.75 Å². The van der Waals surface area contributed by atoms with Crippen LogP contribution >= 0.6 is 0 Å². The molecule has 1 aliphatic heterocycles. The number of nitro groups is 1. The minimum atomic E-state index is -0.460. The Hall–Kier alpha value is -2.35. The number of nitrogens with two attached hydrogens (primary N) is 1. The number of rotatable bonds is 7. The molecule has 0 aromatic heterocycles. The van der Waals surface area contributed by atoms with Gasteiger partial charge in [-0.1, -0.05) is 19.0 Å². The lowest BCUT2D eigenvalue weighted by atomic mass is 10.1. The van der Waals surface area contributed by atoms with Crippen LogP contribution < -0.4 is 10.5 Å². The molecule has 0 atom stereocenters. The van der Waals surface area contributed by atoms with Crippen LogP contribution in [0.1, 0.15) is 37.8 Å². The van der Waals surface area contributed by atoms with Gasteiger partial charge in [0.2, 0.25) is 0 Å². The molecule has 0 spiro atoms. The molecule has 0 radical (unpaired) electrons. The zero-order chi connectivity index (χ0) is 16.8. The van der Waals surface area contributed by atoms with Crippen molar-refractivity contribution >= 4 is 11.5 Å². The van der Waals surface area contributed by atoms with Gasteiger partial charge in [0.05, 0.1) is 11.5 Å². The highest BCUT2D eigenvalue weighted by Gasteiger charge is 2.21. The number of non-ortho nitro benzene ring substituents is 1. The number of hydrogen-bond donors (Lipinski definition) is 1. The summed E-state index contributed by atoms with van der Waals surface area (Å²) in [6, 6.07) is 2.86. The van der Waals surface area contributed by atoms with E-state index in [9.17, 15) is 10.1 Å². The summed E-state index contributed by atoms with van der Waals surface area (Å²) in [4.78, 5) is 15.8. The van der Waals surface area contributed by atoms with Gasteiger partial charge < -0.3 is 20.0 Å². The van der Waals surface area contributed by atoms with Crippen LogP contribution in [0.2, 0.25) is 0 Å². The van der Waals surface area contributed by atoms with Crippen LogP contribution in [-0.4, -0.2) is 17.6 Å². The molecule has 8 nitrogen and oxygen atoms in total. The molecule has 1 aromatic rings. The van der Waals surface area contributed by atoms with Gasteiger partial charge in [-0.2, -0.15) is 0 Å². The molecule has 0 amide bonds. The molecule has 126 valence electrons. The SMILES string of the molecule is CC(C)CC/C(N)=N/OCc1cc([N+](=O)[O-])cc2c1OCOC2. The van der Waals surface area contributed by atoms with E-state index in [-0.39, 0.29) is 25.7 Å². The van der Waals surface area contributed by atoms with Gasteiger partial charge in [-0.05, 0) is 12.3 Å². The molecule has 1 aromatic carbocycles. The summed E-state index contributed by atoms with van der Waals surface area (Å²) in [5.74, 6) is 1.49. The Morgan fingerprint density at radius 2 is 2.30 bits per heavy atom. The van der Waals surface area contributed by atoms with Crippen LogP contribution in [0, 0.1) is 16.0 Å². The highest BCUT2D eigenvalue weighted by atomic mass is 16.7. The zero-order valence-corrected chi connectivity index (χ0v) is 13.3. The topological polar surface area (TPSA) is 109 Å². The number of nitrogens with zero attached hydrogens (tertiary/aromatic N) is 2. The molecule has 8 heteroatoms. The minimum Gasteiger partial charge on any atom is -0.467 e. The fraction of sp³-hybridized carbons (Fsp3) is 0.533. The molecule has 0 saturated carbocycles. The van der Waals surface area contributed by atoms with Gasteiger partial charge in [0.1, 0.15) is 18.2 Å². The van der Waals surface area contributed by atoms with Crippen molar-refractivity contribution in [2.24, 2.45) is 16.8 Å². The lowest BCUT2D eigenvalue weighted by Crippen LogP contribution is -2.15. The molecule has 0 fully saturated rings. The molecular weight excluding hydrogens is 302 g/mol. The van der Waals surface area contributed by atoms with Gasteiger partial charge in [-0.3, -0.25) is 10.1 Å². The second-order valence-electron chi connectivity index (χ2n) is 5.75. The van der Waals surface area contributed by atoms with Crippen LogP contribution in [0.4, 0.5) is 5.69 Å². The molecule has 1 heterocycles. The fourth-order valence-electron chi connectivity index (χ4n) is 2.16. The monoisotopic (exact) mass is 323 g/mol. The third-order valence-electron chi connectivity index (χ3n) is 3.36. The lowest BCUT2D eigenvalue weighted by molar-refractivity contribution is -0.385. The molecule has 23 heavy (non-hydrogen) atoms. The fourth-order valence-corrected chi connectivity index (χ4v) is 2.16. The highest BCUT2D eigenvalue weighted by Crippen LogP contribution is 2.33. The second kappa shape index (κ2) is 7.77. The van der Waals surface area contributed by atoms with Gasteiger partial charge in [0.25, 0.3) is 5.69 Å². The summed E-state index contributed by atoms with van der Waals surface area (Å²) >= 11 is 0. The van der Waals surface area contributed by atoms with E-state index in [4.69, 9.17) is 20.0 Å². The first-order valence-electron chi connectivity index (χ1n) is 7.42. The largest absolute Gasteiger partial charge is 0.467 e. The first kappa shape index (κ1) is 17.0. The molecule has 0 unspecified atom stereocenters. The Labute approximate surface area is 134 Å². The van der Waals surface area contributed by atoms with Crippen LogP contribution in [0.3, 0.4) is 0 Å². The quantitative estimate of drug-likeness (QED) is 0.357. The lowest BCUT2D eigenvalue weighted by Gasteiger charge is -2.20. The van der Waals surface area contributed by atoms with E-state index in [2.05, 4.69) is 19.0 Å². The van der Waals surface area contributed by atoms with E-state index in [0.29, 0.717) is 35.1 Å². The number of fused-ring (bicyclic) bond motifs is 1. The third kappa shape index (κ3) is 4.82. The summed E-state index contributed by atoms with van der Waals surface area (Å²) in [5, 5.41) is 14.9. The first-order chi connectivity index (χ1) is 11.0. The number of ether oxygens (including phenoxy) is 2. The maximum absolute atomic E-state index is 11.0. The summed E-state index contributed by atoms with van der Waals surface area (Å²) in [6.07, 6.45) is 1.57. The second-order valence-corrected chi connectivity index (χ2v) is 5.75. The third-order valence-corrected chi connectivity index (χ3v) is 3.36. The predicted octanol–water partition coefficient (Wildman–Crippen LogP) is 2.69. The molecular formula is C15H21N3O5. The normalized spacial score (nSPS) is 14.3. The van der Waals surface area contributed by atoms with Crippen LogP contribution in [0.15, 0.2) is 17.3 Å². The van der Waals surface area contributed by atoms with Gasteiger partial charge in [0, 0.05) is 29.7 Å². The van der Waals surface area contributed by atoms with E-state index < -0.39 is 4.92 Å².